The summed E-state index contributed by atoms with van der Waals surface area (Å²) >= 11 is 11.8. The Morgan fingerprint density at radius 1 is 1.10 bits per heavy atom. The lowest BCUT2D eigenvalue weighted by atomic mass is 10.1. The lowest BCUT2D eigenvalue weighted by molar-refractivity contribution is 0.290. The molecule has 1 unspecified atom stereocenters. The molecule has 5 heteroatoms. The van der Waals surface area contributed by atoms with Gasteiger partial charge >= 0.3 is 0 Å². The van der Waals surface area contributed by atoms with Crippen LogP contribution in [0.15, 0.2) is 36.4 Å². The van der Waals surface area contributed by atoms with Gasteiger partial charge in [-0.3, -0.25) is 0 Å². The van der Waals surface area contributed by atoms with Crippen molar-refractivity contribution < 1.29 is 9.13 Å². The van der Waals surface area contributed by atoms with Gasteiger partial charge < -0.3 is 10.5 Å². The molecule has 112 valence electrons. The normalized spacial score (nSPS) is 12.2. The van der Waals surface area contributed by atoms with E-state index in [1.807, 2.05) is 13.0 Å². The number of hydrogen-bond donors (Lipinski definition) is 1. The van der Waals surface area contributed by atoms with Crippen LogP contribution in [-0.2, 0) is 13.0 Å². The van der Waals surface area contributed by atoms with E-state index in [0.29, 0.717) is 16.5 Å². The minimum Gasteiger partial charge on any atom is -0.486 e. The van der Waals surface area contributed by atoms with Crippen molar-refractivity contribution in [2.24, 2.45) is 5.73 Å². The van der Waals surface area contributed by atoms with E-state index in [-0.39, 0.29) is 18.4 Å². The molecule has 0 heterocycles. The number of halogens is 3. The van der Waals surface area contributed by atoms with Crippen LogP contribution in [0.2, 0.25) is 10.0 Å². The number of nitrogens with two attached hydrogens (primary N) is 1. The molecular formula is C16H16Cl2FNO. The Bertz CT molecular complexity index is 632. The Hall–Kier alpha value is -1.29. The first kappa shape index (κ1) is 16.1. The van der Waals surface area contributed by atoms with Crippen LogP contribution in [0.25, 0.3) is 0 Å². The zero-order chi connectivity index (χ0) is 15.4. The number of benzene rings is 2. The first-order valence-corrected chi connectivity index (χ1v) is 7.32. The minimum absolute atomic E-state index is 0.00706. The van der Waals surface area contributed by atoms with E-state index in [1.54, 1.807) is 24.3 Å². The second-order valence-corrected chi connectivity index (χ2v) is 5.80. The third kappa shape index (κ3) is 4.60. The van der Waals surface area contributed by atoms with Gasteiger partial charge in [0.25, 0.3) is 0 Å². The Kier molecular flexibility index (Phi) is 5.45. The van der Waals surface area contributed by atoms with Gasteiger partial charge in [-0.25, -0.2) is 4.39 Å². The van der Waals surface area contributed by atoms with Crippen LogP contribution in [0.3, 0.4) is 0 Å². The minimum atomic E-state index is -0.395. The molecule has 0 aliphatic carbocycles. The standard InChI is InChI=1S/C16H16Cl2FNO/c1-10(20)6-11-3-5-16(15(19)8-11)21-9-12-2-4-13(17)14(18)7-12/h2-5,7-8,10H,6,9,20H2,1H3. The van der Waals surface area contributed by atoms with Gasteiger partial charge in [-0.2, -0.15) is 0 Å². The molecule has 0 aliphatic rings. The van der Waals surface area contributed by atoms with E-state index in [4.69, 9.17) is 33.7 Å². The molecule has 0 spiro atoms. The molecule has 0 radical (unpaired) electrons. The largest absolute Gasteiger partial charge is 0.486 e. The highest BCUT2D eigenvalue weighted by molar-refractivity contribution is 6.42. The monoisotopic (exact) mass is 327 g/mol. The fourth-order valence-electron chi connectivity index (χ4n) is 1.95. The highest BCUT2D eigenvalue weighted by atomic mass is 35.5. The summed E-state index contributed by atoms with van der Waals surface area (Å²) in [5.41, 5.74) is 7.37. The summed E-state index contributed by atoms with van der Waals surface area (Å²) in [6, 6.07) is 10.1. The molecule has 21 heavy (non-hydrogen) atoms. The van der Waals surface area contributed by atoms with Crippen molar-refractivity contribution >= 4 is 23.2 Å². The summed E-state index contributed by atoms with van der Waals surface area (Å²) in [4.78, 5) is 0. The Morgan fingerprint density at radius 2 is 1.81 bits per heavy atom. The van der Waals surface area contributed by atoms with Crippen LogP contribution in [0.5, 0.6) is 5.75 Å². The van der Waals surface area contributed by atoms with Crippen molar-refractivity contribution in [1.82, 2.24) is 0 Å². The Morgan fingerprint density at radius 3 is 2.43 bits per heavy atom. The summed E-state index contributed by atoms with van der Waals surface area (Å²) in [7, 11) is 0. The molecule has 2 rings (SSSR count). The second kappa shape index (κ2) is 7.12. The molecular weight excluding hydrogens is 312 g/mol. The predicted molar refractivity (Wildman–Crippen MR) is 84.5 cm³/mol. The van der Waals surface area contributed by atoms with Gasteiger partial charge in [-0.15, -0.1) is 0 Å². The van der Waals surface area contributed by atoms with Crippen molar-refractivity contribution in [3.63, 3.8) is 0 Å². The molecule has 0 saturated carbocycles. The maximum atomic E-state index is 13.9. The Balaban J connectivity index is 2.04. The topological polar surface area (TPSA) is 35.2 Å². The molecule has 1 atom stereocenters. The molecule has 2 N–H and O–H groups in total. The average molecular weight is 328 g/mol. The maximum absolute atomic E-state index is 13.9. The van der Waals surface area contributed by atoms with Crippen LogP contribution < -0.4 is 10.5 Å². The van der Waals surface area contributed by atoms with Crippen LogP contribution in [0.4, 0.5) is 4.39 Å². The lowest BCUT2D eigenvalue weighted by Gasteiger charge is -2.10. The summed E-state index contributed by atoms with van der Waals surface area (Å²) in [5.74, 6) is -0.192. The predicted octanol–water partition coefficient (Wildman–Crippen LogP) is 4.60. The molecule has 0 bridgehead atoms. The molecule has 2 nitrogen and oxygen atoms in total. The number of ether oxygens (including phenoxy) is 1. The summed E-state index contributed by atoms with van der Waals surface area (Å²) in [6.07, 6.45) is 0.629. The van der Waals surface area contributed by atoms with Crippen molar-refractivity contribution in [2.45, 2.75) is 26.0 Å². The summed E-state index contributed by atoms with van der Waals surface area (Å²) < 4.78 is 19.4. The fourth-order valence-corrected chi connectivity index (χ4v) is 2.27. The van der Waals surface area contributed by atoms with E-state index in [0.717, 1.165) is 11.1 Å². The van der Waals surface area contributed by atoms with Gasteiger partial charge in [0.1, 0.15) is 6.61 Å². The molecule has 0 aromatic heterocycles. The zero-order valence-electron chi connectivity index (χ0n) is 11.6. The quantitative estimate of drug-likeness (QED) is 0.870. The van der Waals surface area contributed by atoms with Crippen molar-refractivity contribution in [3.8, 4) is 5.75 Å². The van der Waals surface area contributed by atoms with E-state index >= 15 is 0 Å². The molecule has 2 aromatic carbocycles. The van der Waals surface area contributed by atoms with Gasteiger partial charge in [-0.1, -0.05) is 35.3 Å². The number of hydrogen-bond acceptors (Lipinski definition) is 2. The molecule has 0 saturated heterocycles. The molecule has 0 amide bonds. The fraction of sp³-hybridized carbons (Fsp3) is 0.250. The second-order valence-electron chi connectivity index (χ2n) is 4.98. The Labute approximate surface area is 133 Å². The van der Waals surface area contributed by atoms with Crippen LogP contribution in [-0.4, -0.2) is 6.04 Å². The molecule has 2 aromatic rings. The average Bonchev–Trinajstić information content (AvgIpc) is 2.41. The van der Waals surface area contributed by atoms with Crippen molar-refractivity contribution in [2.75, 3.05) is 0 Å². The van der Waals surface area contributed by atoms with Gasteiger partial charge in [0.05, 0.1) is 10.0 Å². The SMILES string of the molecule is CC(N)Cc1ccc(OCc2ccc(Cl)c(Cl)c2)c(F)c1. The third-order valence-electron chi connectivity index (χ3n) is 2.93. The first-order valence-electron chi connectivity index (χ1n) is 6.56. The van der Waals surface area contributed by atoms with Gasteiger partial charge in [0, 0.05) is 6.04 Å². The van der Waals surface area contributed by atoms with E-state index in [1.165, 1.54) is 6.07 Å². The molecule has 0 aliphatic heterocycles. The van der Waals surface area contributed by atoms with E-state index in [2.05, 4.69) is 0 Å². The maximum Gasteiger partial charge on any atom is 0.165 e. The summed E-state index contributed by atoms with van der Waals surface area (Å²) in [6.45, 7) is 2.10. The molecule has 0 fully saturated rings. The van der Waals surface area contributed by atoms with Crippen molar-refractivity contribution in [1.29, 1.82) is 0 Å². The van der Waals surface area contributed by atoms with Gasteiger partial charge in [0.2, 0.25) is 0 Å². The van der Waals surface area contributed by atoms with E-state index < -0.39 is 5.82 Å². The number of rotatable bonds is 5. The third-order valence-corrected chi connectivity index (χ3v) is 3.67. The van der Waals surface area contributed by atoms with Gasteiger partial charge in [-0.05, 0) is 48.7 Å². The van der Waals surface area contributed by atoms with Crippen LogP contribution in [0.1, 0.15) is 18.1 Å². The van der Waals surface area contributed by atoms with Crippen LogP contribution in [0, 0.1) is 5.82 Å². The van der Waals surface area contributed by atoms with Gasteiger partial charge in [0.15, 0.2) is 11.6 Å². The smallest absolute Gasteiger partial charge is 0.165 e. The zero-order valence-corrected chi connectivity index (χ0v) is 13.1. The van der Waals surface area contributed by atoms with Crippen LogP contribution >= 0.6 is 23.2 Å². The lowest BCUT2D eigenvalue weighted by Crippen LogP contribution is -2.17. The first-order chi connectivity index (χ1) is 9.95. The highest BCUT2D eigenvalue weighted by Crippen LogP contribution is 2.24. The van der Waals surface area contributed by atoms with Crippen molar-refractivity contribution in [3.05, 3.63) is 63.4 Å². The summed E-state index contributed by atoms with van der Waals surface area (Å²) in [5, 5.41) is 0.928. The van der Waals surface area contributed by atoms with E-state index in [9.17, 15) is 4.39 Å². The highest BCUT2D eigenvalue weighted by Gasteiger charge is 2.07.